The number of aromatic nitrogens is 2. The summed E-state index contributed by atoms with van der Waals surface area (Å²) < 4.78 is 13.7. The Morgan fingerprint density at radius 3 is 2.67 bits per heavy atom. The highest BCUT2D eigenvalue weighted by Gasteiger charge is 2.18. The number of anilines is 1. The Morgan fingerprint density at radius 2 is 1.92 bits per heavy atom. The zero-order chi connectivity index (χ0) is 16.5. The molecule has 4 rings (SSSR count). The molecule has 1 aliphatic rings. The van der Waals surface area contributed by atoms with Crippen LogP contribution in [0.25, 0.3) is 22.4 Å². The monoisotopic (exact) mass is 323 g/mol. The lowest BCUT2D eigenvalue weighted by Crippen LogP contribution is -2.15. The van der Waals surface area contributed by atoms with Gasteiger partial charge in [-0.2, -0.15) is 0 Å². The molecule has 2 heterocycles. The number of nitrogen functional groups attached to an aromatic ring is 1. The van der Waals surface area contributed by atoms with Gasteiger partial charge in [0.1, 0.15) is 19.0 Å². The molecule has 0 unspecified atom stereocenters. The Balaban J connectivity index is 1.91. The lowest BCUT2D eigenvalue weighted by Gasteiger charge is -2.18. The quantitative estimate of drug-likeness (QED) is 0.741. The molecule has 0 aliphatic carbocycles. The average Bonchev–Trinajstić information content (AvgIpc) is 2.95. The van der Waals surface area contributed by atoms with Gasteiger partial charge in [0.25, 0.3) is 0 Å². The van der Waals surface area contributed by atoms with E-state index >= 15 is 0 Å². The van der Waals surface area contributed by atoms with Crippen LogP contribution in [0.3, 0.4) is 0 Å². The standard InChI is InChI=1S/C19H21N3O2/c1-2-3-7-22-16-12-18-17(23-8-9-24-18)11-15(16)21-19(22)13-5-4-6-14(20)10-13/h4-6,10-12H,2-3,7-9,20H2,1H3. The number of nitrogens with two attached hydrogens (primary N) is 1. The molecular formula is C19H21N3O2. The molecule has 0 amide bonds. The first-order valence-corrected chi connectivity index (χ1v) is 8.42. The van der Waals surface area contributed by atoms with Crippen LogP contribution in [0.1, 0.15) is 19.8 Å². The zero-order valence-corrected chi connectivity index (χ0v) is 13.8. The number of imidazole rings is 1. The number of nitrogens with zero attached hydrogens (tertiary/aromatic N) is 2. The van der Waals surface area contributed by atoms with E-state index in [9.17, 15) is 0 Å². The number of hydrogen-bond acceptors (Lipinski definition) is 4. The molecular weight excluding hydrogens is 302 g/mol. The van der Waals surface area contributed by atoms with Gasteiger partial charge in [-0.15, -0.1) is 0 Å². The van der Waals surface area contributed by atoms with E-state index in [2.05, 4.69) is 11.5 Å². The smallest absolute Gasteiger partial charge is 0.163 e. The molecule has 0 saturated heterocycles. The van der Waals surface area contributed by atoms with Crippen molar-refractivity contribution in [3.8, 4) is 22.9 Å². The predicted octanol–water partition coefficient (Wildman–Crippen LogP) is 3.86. The van der Waals surface area contributed by atoms with Crippen LogP contribution in [0.2, 0.25) is 0 Å². The molecule has 5 heteroatoms. The highest BCUT2D eigenvalue weighted by molar-refractivity contribution is 5.84. The van der Waals surface area contributed by atoms with Gasteiger partial charge in [-0.3, -0.25) is 0 Å². The van der Waals surface area contributed by atoms with Gasteiger partial charge in [0, 0.05) is 29.9 Å². The maximum atomic E-state index is 5.96. The molecule has 0 saturated carbocycles. The number of fused-ring (bicyclic) bond motifs is 2. The SMILES string of the molecule is CCCCn1c(-c2cccc(N)c2)nc2cc3c(cc21)OCCO3. The molecule has 3 aromatic rings. The molecule has 0 atom stereocenters. The number of benzene rings is 2. The average molecular weight is 323 g/mol. The Kier molecular flexibility index (Phi) is 3.76. The highest BCUT2D eigenvalue weighted by atomic mass is 16.6. The molecule has 0 radical (unpaired) electrons. The molecule has 1 aliphatic heterocycles. The van der Waals surface area contributed by atoms with E-state index in [1.54, 1.807) is 0 Å². The topological polar surface area (TPSA) is 62.3 Å². The normalized spacial score (nSPS) is 13.4. The zero-order valence-electron chi connectivity index (χ0n) is 13.8. The largest absolute Gasteiger partial charge is 0.486 e. The number of hydrogen-bond donors (Lipinski definition) is 1. The van der Waals surface area contributed by atoms with Crippen LogP contribution >= 0.6 is 0 Å². The first-order chi connectivity index (χ1) is 11.8. The van der Waals surface area contributed by atoms with Gasteiger partial charge in [-0.25, -0.2) is 4.98 Å². The van der Waals surface area contributed by atoms with E-state index in [-0.39, 0.29) is 0 Å². The molecule has 24 heavy (non-hydrogen) atoms. The summed E-state index contributed by atoms with van der Waals surface area (Å²) >= 11 is 0. The van der Waals surface area contributed by atoms with Crippen molar-refractivity contribution in [2.45, 2.75) is 26.3 Å². The minimum Gasteiger partial charge on any atom is -0.486 e. The Bertz CT molecular complexity index is 886. The number of rotatable bonds is 4. The summed E-state index contributed by atoms with van der Waals surface area (Å²) in [5.41, 5.74) is 9.73. The molecule has 1 aromatic heterocycles. The first-order valence-electron chi connectivity index (χ1n) is 8.42. The molecule has 5 nitrogen and oxygen atoms in total. The lowest BCUT2D eigenvalue weighted by molar-refractivity contribution is 0.172. The van der Waals surface area contributed by atoms with E-state index < -0.39 is 0 Å². The second-order valence-corrected chi connectivity index (χ2v) is 6.05. The number of unbranched alkanes of at least 4 members (excludes halogenated alkanes) is 1. The van der Waals surface area contributed by atoms with Crippen LogP contribution < -0.4 is 15.2 Å². The molecule has 0 fully saturated rings. The van der Waals surface area contributed by atoms with Crippen molar-refractivity contribution in [1.29, 1.82) is 0 Å². The fraction of sp³-hybridized carbons (Fsp3) is 0.316. The van der Waals surface area contributed by atoms with Crippen molar-refractivity contribution in [1.82, 2.24) is 9.55 Å². The number of aryl methyl sites for hydroxylation is 1. The predicted molar refractivity (Wildman–Crippen MR) is 95.5 cm³/mol. The van der Waals surface area contributed by atoms with E-state index in [0.29, 0.717) is 13.2 Å². The van der Waals surface area contributed by atoms with Crippen LogP contribution in [0.5, 0.6) is 11.5 Å². The Morgan fingerprint density at radius 1 is 1.12 bits per heavy atom. The molecule has 0 spiro atoms. The van der Waals surface area contributed by atoms with E-state index in [4.69, 9.17) is 20.2 Å². The van der Waals surface area contributed by atoms with Gasteiger partial charge >= 0.3 is 0 Å². The van der Waals surface area contributed by atoms with Crippen molar-refractivity contribution >= 4 is 16.7 Å². The first kappa shape index (κ1) is 14.9. The fourth-order valence-corrected chi connectivity index (χ4v) is 3.10. The van der Waals surface area contributed by atoms with Crippen molar-refractivity contribution in [2.75, 3.05) is 18.9 Å². The summed E-state index contributed by atoms with van der Waals surface area (Å²) in [4.78, 5) is 4.86. The van der Waals surface area contributed by atoms with Gasteiger partial charge in [0.05, 0.1) is 11.0 Å². The van der Waals surface area contributed by atoms with Crippen molar-refractivity contribution < 1.29 is 9.47 Å². The minimum atomic E-state index is 0.580. The van der Waals surface area contributed by atoms with Crippen LogP contribution in [-0.4, -0.2) is 22.8 Å². The Labute approximate surface area is 141 Å². The molecule has 2 N–H and O–H groups in total. The van der Waals surface area contributed by atoms with Gasteiger partial charge in [0.2, 0.25) is 0 Å². The second-order valence-electron chi connectivity index (χ2n) is 6.05. The van der Waals surface area contributed by atoms with E-state index in [1.807, 2.05) is 36.4 Å². The summed E-state index contributed by atoms with van der Waals surface area (Å²) in [6.07, 6.45) is 2.22. The third kappa shape index (κ3) is 2.56. The fourth-order valence-electron chi connectivity index (χ4n) is 3.10. The second kappa shape index (κ2) is 6.07. The summed E-state index contributed by atoms with van der Waals surface area (Å²) in [7, 11) is 0. The highest BCUT2D eigenvalue weighted by Crippen LogP contribution is 2.36. The summed E-state index contributed by atoms with van der Waals surface area (Å²) in [6.45, 7) is 4.27. The summed E-state index contributed by atoms with van der Waals surface area (Å²) in [5, 5.41) is 0. The molecule has 124 valence electrons. The summed E-state index contributed by atoms with van der Waals surface area (Å²) in [6, 6.07) is 11.9. The maximum absolute atomic E-state index is 5.96. The van der Waals surface area contributed by atoms with Gasteiger partial charge in [-0.05, 0) is 18.6 Å². The van der Waals surface area contributed by atoms with Gasteiger partial charge < -0.3 is 19.8 Å². The van der Waals surface area contributed by atoms with Crippen molar-refractivity contribution in [3.05, 3.63) is 36.4 Å². The van der Waals surface area contributed by atoms with E-state index in [1.165, 1.54) is 0 Å². The van der Waals surface area contributed by atoms with Crippen LogP contribution in [-0.2, 0) is 6.54 Å². The van der Waals surface area contributed by atoms with Gasteiger partial charge in [0.15, 0.2) is 11.5 Å². The van der Waals surface area contributed by atoms with Crippen LogP contribution in [0, 0.1) is 0 Å². The maximum Gasteiger partial charge on any atom is 0.163 e. The van der Waals surface area contributed by atoms with E-state index in [0.717, 1.165) is 59.0 Å². The Hall–Kier alpha value is -2.69. The van der Waals surface area contributed by atoms with Crippen molar-refractivity contribution in [3.63, 3.8) is 0 Å². The summed E-state index contributed by atoms with van der Waals surface area (Å²) in [5.74, 6) is 2.51. The third-order valence-corrected chi connectivity index (χ3v) is 4.29. The van der Waals surface area contributed by atoms with Crippen molar-refractivity contribution in [2.24, 2.45) is 0 Å². The lowest BCUT2D eigenvalue weighted by atomic mass is 10.2. The minimum absolute atomic E-state index is 0.580. The van der Waals surface area contributed by atoms with Gasteiger partial charge in [-0.1, -0.05) is 25.5 Å². The van der Waals surface area contributed by atoms with Crippen LogP contribution in [0.15, 0.2) is 36.4 Å². The third-order valence-electron chi connectivity index (χ3n) is 4.29. The number of ether oxygens (including phenoxy) is 2. The van der Waals surface area contributed by atoms with Crippen LogP contribution in [0.4, 0.5) is 5.69 Å². The molecule has 0 bridgehead atoms. The molecule has 2 aromatic carbocycles.